The second kappa shape index (κ2) is 16.5. The normalized spacial score (nSPS) is 17.4. The van der Waals surface area contributed by atoms with Crippen molar-refractivity contribution in [1.82, 2.24) is 28.4 Å². The van der Waals surface area contributed by atoms with Crippen molar-refractivity contribution in [3.63, 3.8) is 0 Å². The van der Waals surface area contributed by atoms with E-state index < -0.39 is 52.3 Å². The zero-order chi connectivity index (χ0) is 41.2. The van der Waals surface area contributed by atoms with Gasteiger partial charge < -0.3 is 5.32 Å². The fourth-order valence-corrected chi connectivity index (χ4v) is 11.3. The molecule has 1 amide bonds. The lowest BCUT2D eigenvalue weighted by Gasteiger charge is -2.34. The molecular weight excluding hydrogens is 811 g/mol. The number of hydrogen-bond acceptors (Lipinski definition) is 12. The van der Waals surface area contributed by atoms with Gasteiger partial charge in [0, 0.05) is 51.4 Å². The topological polar surface area (TPSA) is 219 Å². The number of carbonyl (C=O) groups excluding carboxylic acids is 1. The number of para-hydroxylation sites is 1. The fourth-order valence-electron chi connectivity index (χ4n) is 7.00. The third kappa shape index (κ3) is 8.71. The molecule has 3 heterocycles. The Morgan fingerprint density at radius 2 is 1.31 bits per heavy atom. The number of nitro benzene ring substituents is 1. The van der Waals surface area contributed by atoms with Crippen molar-refractivity contribution in [1.29, 1.82) is 0 Å². The molecule has 0 bridgehead atoms. The maximum Gasteiger partial charge on any atom is 0.269 e. The van der Waals surface area contributed by atoms with Gasteiger partial charge in [-0.2, -0.15) is 8.61 Å². The van der Waals surface area contributed by atoms with Gasteiger partial charge in [-0.25, -0.2) is 30.2 Å². The molecule has 0 radical (unpaired) electrons. The molecule has 2 aliphatic rings. The number of rotatable bonds is 12. The van der Waals surface area contributed by atoms with E-state index in [9.17, 15) is 45.0 Å². The zero-order valence-electron chi connectivity index (χ0n) is 31.0. The predicted octanol–water partition coefficient (Wildman–Crippen LogP) is 2.12. The van der Waals surface area contributed by atoms with Crippen LogP contribution >= 0.6 is 0 Å². The Balaban J connectivity index is 1.15. The van der Waals surface area contributed by atoms with Gasteiger partial charge in [-0.1, -0.05) is 42.5 Å². The molecule has 0 unspecified atom stereocenters. The summed E-state index contributed by atoms with van der Waals surface area (Å²) in [7, 11) is -11.3. The van der Waals surface area contributed by atoms with Gasteiger partial charge >= 0.3 is 0 Å². The van der Waals surface area contributed by atoms with Gasteiger partial charge in [0.05, 0.1) is 55.4 Å². The van der Waals surface area contributed by atoms with E-state index in [1.807, 2.05) is 30.3 Å². The fraction of sp³-hybridized carbons (Fsp3) is 0.289. The van der Waals surface area contributed by atoms with Gasteiger partial charge in [0.15, 0.2) is 9.84 Å². The largest absolute Gasteiger partial charge is 0.345 e. The van der Waals surface area contributed by atoms with Crippen LogP contribution in [0.5, 0.6) is 0 Å². The highest BCUT2D eigenvalue weighted by Gasteiger charge is 2.33. The Kier molecular flexibility index (Phi) is 11.6. The van der Waals surface area contributed by atoms with Crippen molar-refractivity contribution >= 4 is 52.4 Å². The van der Waals surface area contributed by atoms with Gasteiger partial charge in [-0.15, -0.1) is 0 Å². The number of sulfone groups is 1. The highest BCUT2D eigenvalue weighted by atomic mass is 32.2. The molecular formula is C38H39N7O10S3. The number of nitrogens with zero attached hydrogens (tertiary/aromatic N) is 6. The minimum Gasteiger partial charge on any atom is -0.345 e. The lowest BCUT2D eigenvalue weighted by molar-refractivity contribution is -0.384. The minimum absolute atomic E-state index is 0.0714. The monoisotopic (exact) mass is 849 g/mol. The quantitative estimate of drug-likeness (QED) is 0.141. The number of benzene rings is 4. The molecule has 58 heavy (non-hydrogen) atoms. The van der Waals surface area contributed by atoms with Crippen LogP contribution in [-0.4, -0.2) is 116 Å². The summed E-state index contributed by atoms with van der Waals surface area (Å²) in [6.07, 6.45) is 0.225. The molecule has 1 atom stereocenters. The van der Waals surface area contributed by atoms with Crippen molar-refractivity contribution in [2.45, 2.75) is 22.3 Å². The van der Waals surface area contributed by atoms with Crippen LogP contribution in [-0.2, 0) is 41.1 Å². The smallest absolute Gasteiger partial charge is 0.269 e. The zero-order valence-corrected chi connectivity index (χ0v) is 33.4. The summed E-state index contributed by atoms with van der Waals surface area (Å²) in [6, 6.07) is 25.5. The van der Waals surface area contributed by atoms with Crippen molar-refractivity contribution in [2.75, 3.05) is 57.3 Å². The maximum absolute atomic E-state index is 14.3. The molecule has 0 saturated carbocycles. The van der Waals surface area contributed by atoms with Crippen LogP contribution in [0.25, 0.3) is 16.6 Å². The highest BCUT2D eigenvalue weighted by molar-refractivity contribution is 7.92. The number of nitrogens with one attached hydrogen (secondary N) is 1. The standard InChI is InChI=1S/C38H39N7O10S3/c46-36(27-41-18-20-42(21-19-41)57(52,53)32-16-12-30(13-17-32)45(48)49)39-35(26-28-6-2-1-3-7-28)37-40-34-9-5-4-8-33(34)38(47)44(37)29-10-14-31(15-11-29)58(54,55)43-22-24-56(50,51)25-23-43/h1-17,35H,18-27H2,(H,39,46)/t35-/m0/s1. The maximum atomic E-state index is 14.3. The third-order valence-corrected chi connectivity index (χ3v) is 15.6. The second-order valence-electron chi connectivity index (χ2n) is 13.9. The number of sulfonamides is 2. The Morgan fingerprint density at radius 3 is 1.91 bits per heavy atom. The number of piperazine rings is 1. The van der Waals surface area contributed by atoms with Gasteiger partial charge in [0.1, 0.15) is 5.82 Å². The van der Waals surface area contributed by atoms with E-state index in [0.29, 0.717) is 10.9 Å². The molecule has 2 aliphatic heterocycles. The van der Waals surface area contributed by atoms with Gasteiger partial charge in [0.25, 0.3) is 11.2 Å². The van der Waals surface area contributed by atoms with Crippen LogP contribution in [0.2, 0.25) is 0 Å². The van der Waals surface area contributed by atoms with E-state index in [0.717, 1.165) is 22.0 Å². The molecule has 2 fully saturated rings. The van der Waals surface area contributed by atoms with Crippen LogP contribution in [0.4, 0.5) is 5.69 Å². The van der Waals surface area contributed by atoms with Crippen LogP contribution in [0.3, 0.4) is 0 Å². The SMILES string of the molecule is O=C(CN1CCN(S(=O)(=O)c2ccc([N+](=O)[O-])cc2)CC1)N[C@@H](Cc1ccccc1)c1nc2ccccc2c(=O)n1-c1ccc(S(=O)(=O)N2CCS(=O)(=O)CC2)cc1. The van der Waals surface area contributed by atoms with Crippen LogP contribution < -0.4 is 10.9 Å². The number of hydrogen-bond donors (Lipinski definition) is 1. The van der Waals surface area contributed by atoms with E-state index >= 15 is 0 Å². The van der Waals surface area contributed by atoms with E-state index in [1.54, 1.807) is 29.2 Å². The molecule has 20 heteroatoms. The number of amides is 1. The summed E-state index contributed by atoms with van der Waals surface area (Å²) < 4.78 is 81.1. The van der Waals surface area contributed by atoms with Gasteiger partial charge in [0.2, 0.25) is 26.0 Å². The molecule has 2 saturated heterocycles. The van der Waals surface area contributed by atoms with E-state index in [4.69, 9.17) is 4.98 Å². The number of fused-ring (bicyclic) bond motifs is 1. The van der Waals surface area contributed by atoms with Gasteiger partial charge in [-0.05, 0) is 60.5 Å². The molecule has 5 aromatic rings. The first kappa shape index (κ1) is 40.8. The number of aromatic nitrogens is 2. The summed E-state index contributed by atoms with van der Waals surface area (Å²) >= 11 is 0. The first-order valence-corrected chi connectivity index (χ1v) is 23.0. The van der Waals surface area contributed by atoms with E-state index in [1.165, 1.54) is 45.3 Å². The van der Waals surface area contributed by atoms with Crippen LogP contribution in [0, 0.1) is 10.1 Å². The van der Waals surface area contributed by atoms with E-state index in [-0.39, 0.29) is 90.7 Å². The molecule has 17 nitrogen and oxygen atoms in total. The molecule has 0 aliphatic carbocycles. The van der Waals surface area contributed by atoms with Crippen molar-refractivity contribution in [3.05, 3.63) is 135 Å². The lowest BCUT2D eigenvalue weighted by Crippen LogP contribution is -2.51. The van der Waals surface area contributed by atoms with E-state index in [2.05, 4.69) is 5.32 Å². The van der Waals surface area contributed by atoms with Crippen molar-refractivity contribution in [2.24, 2.45) is 0 Å². The molecule has 1 N–H and O–H groups in total. The first-order valence-electron chi connectivity index (χ1n) is 18.3. The van der Waals surface area contributed by atoms with Crippen LogP contribution in [0.15, 0.2) is 118 Å². The Hall–Kier alpha value is -5.38. The number of nitro groups is 1. The molecule has 0 spiro atoms. The number of carbonyl (C=O) groups is 1. The average molecular weight is 850 g/mol. The Labute approximate surface area is 334 Å². The second-order valence-corrected chi connectivity index (χ2v) is 20.1. The molecule has 7 rings (SSSR count). The first-order chi connectivity index (χ1) is 27.6. The van der Waals surface area contributed by atoms with Crippen molar-refractivity contribution < 1.29 is 35.0 Å². The summed E-state index contributed by atoms with van der Waals surface area (Å²) in [5.74, 6) is -0.769. The molecule has 1 aromatic heterocycles. The average Bonchev–Trinajstić information content (AvgIpc) is 3.21. The predicted molar refractivity (Wildman–Crippen MR) is 214 cm³/mol. The minimum atomic E-state index is -4.04. The molecule has 304 valence electrons. The third-order valence-electron chi connectivity index (χ3n) is 10.2. The summed E-state index contributed by atoms with van der Waals surface area (Å²) in [6.45, 7) is 0.182. The summed E-state index contributed by atoms with van der Waals surface area (Å²) in [5, 5.41) is 14.4. The summed E-state index contributed by atoms with van der Waals surface area (Å²) in [4.78, 5) is 45.1. The van der Waals surface area contributed by atoms with Crippen molar-refractivity contribution in [3.8, 4) is 5.69 Å². The molecule has 4 aromatic carbocycles. The Bertz CT molecular complexity index is 2730. The number of non-ortho nitro benzene ring substituents is 1. The van der Waals surface area contributed by atoms with Crippen LogP contribution in [0.1, 0.15) is 17.4 Å². The Morgan fingerprint density at radius 1 is 0.759 bits per heavy atom. The van der Waals surface area contributed by atoms with Gasteiger partial charge in [-0.3, -0.25) is 29.2 Å². The highest BCUT2D eigenvalue weighted by Crippen LogP contribution is 2.25. The summed E-state index contributed by atoms with van der Waals surface area (Å²) in [5.41, 5.74) is 0.828. The lowest BCUT2D eigenvalue weighted by atomic mass is 10.0.